The van der Waals surface area contributed by atoms with Gasteiger partial charge in [-0.15, -0.1) is 11.3 Å². The zero-order valence-corrected chi connectivity index (χ0v) is 16.0. The molecule has 0 spiro atoms. The number of halogens is 1. The molecule has 1 amide bonds. The molecule has 0 bridgehead atoms. The van der Waals surface area contributed by atoms with Gasteiger partial charge in [-0.05, 0) is 55.7 Å². The van der Waals surface area contributed by atoms with Crippen LogP contribution in [0.1, 0.15) is 29.1 Å². The first-order valence-electron chi connectivity index (χ1n) is 7.03. The van der Waals surface area contributed by atoms with Crippen molar-refractivity contribution in [2.75, 3.05) is 0 Å². The first-order valence-corrected chi connectivity index (χ1v) is 9.11. The largest absolute Gasteiger partial charge is 0.490 e. The molecule has 0 unspecified atom stereocenters. The Balaban J connectivity index is 2.01. The molecule has 0 saturated carbocycles. The zero-order valence-electron chi connectivity index (χ0n) is 12.8. The predicted octanol–water partition coefficient (Wildman–Crippen LogP) is 4.10. The number of nitrogens with one attached hydrogen (secondary N) is 2. The monoisotopic (exact) mass is 412 g/mol. The Bertz CT molecular complexity index is 687. The molecule has 2 aromatic rings. The Kier molecular flexibility index (Phi) is 6.56. The molecule has 2 N–H and O–H groups in total. The van der Waals surface area contributed by atoms with Gasteiger partial charge in [0.1, 0.15) is 5.75 Å². The third-order valence-corrected chi connectivity index (χ3v) is 4.40. The number of hydrogen-bond acceptors (Lipinski definition) is 4. The Morgan fingerprint density at radius 3 is 2.83 bits per heavy atom. The molecule has 2 rings (SSSR count). The third-order valence-electron chi connectivity index (χ3n) is 2.78. The van der Waals surface area contributed by atoms with Crippen molar-refractivity contribution >= 4 is 50.5 Å². The van der Waals surface area contributed by atoms with E-state index in [4.69, 9.17) is 17.0 Å². The van der Waals surface area contributed by atoms with Crippen LogP contribution in [0.5, 0.6) is 5.75 Å². The second kappa shape index (κ2) is 8.42. The van der Waals surface area contributed by atoms with E-state index in [1.54, 1.807) is 23.5 Å². The lowest BCUT2D eigenvalue weighted by Crippen LogP contribution is -2.39. The third kappa shape index (κ3) is 5.60. The molecular formula is C16H17BrN2O2S2. The fourth-order valence-electron chi connectivity index (χ4n) is 1.83. The highest BCUT2D eigenvalue weighted by Crippen LogP contribution is 2.24. The summed E-state index contributed by atoms with van der Waals surface area (Å²) < 4.78 is 6.48. The van der Waals surface area contributed by atoms with Crippen molar-refractivity contribution in [2.45, 2.75) is 26.5 Å². The van der Waals surface area contributed by atoms with E-state index in [1.807, 2.05) is 37.4 Å². The standard InChI is InChI=1S/C16H17BrN2O2S2/c1-10(2)21-14-6-5-11(17)8-13(14)15(20)19-16(22)18-9-12-4-3-7-23-12/h3-8,10H,9H2,1-2H3,(H2,18,19,20,22). The number of thiocarbonyl (C=S) groups is 1. The van der Waals surface area contributed by atoms with Crippen LogP contribution < -0.4 is 15.4 Å². The fourth-order valence-corrected chi connectivity index (χ4v) is 3.00. The number of carbonyl (C=O) groups excluding carboxylic acids is 1. The summed E-state index contributed by atoms with van der Waals surface area (Å²) in [4.78, 5) is 13.6. The van der Waals surface area contributed by atoms with Crippen LogP contribution in [-0.2, 0) is 6.54 Å². The molecular weight excluding hydrogens is 396 g/mol. The highest BCUT2D eigenvalue weighted by molar-refractivity contribution is 9.10. The van der Waals surface area contributed by atoms with Gasteiger partial charge in [0.25, 0.3) is 5.91 Å². The number of benzene rings is 1. The maximum absolute atomic E-state index is 12.4. The van der Waals surface area contributed by atoms with Crippen LogP contribution in [0.4, 0.5) is 0 Å². The average molecular weight is 413 g/mol. The van der Waals surface area contributed by atoms with E-state index >= 15 is 0 Å². The zero-order chi connectivity index (χ0) is 16.8. The number of amides is 1. The van der Waals surface area contributed by atoms with Crippen molar-refractivity contribution in [3.8, 4) is 5.75 Å². The SMILES string of the molecule is CC(C)Oc1ccc(Br)cc1C(=O)NC(=S)NCc1cccs1. The topological polar surface area (TPSA) is 50.4 Å². The van der Waals surface area contributed by atoms with Crippen LogP contribution in [0.15, 0.2) is 40.2 Å². The molecule has 0 atom stereocenters. The number of hydrogen-bond donors (Lipinski definition) is 2. The molecule has 0 aliphatic heterocycles. The van der Waals surface area contributed by atoms with Crippen molar-refractivity contribution in [1.29, 1.82) is 0 Å². The van der Waals surface area contributed by atoms with Crippen molar-refractivity contribution < 1.29 is 9.53 Å². The van der Waals surface area contributed by atoms with Crippen molar-refractivity contribution in [3.05, 3.63) is 50.6 Å². The van der Waals surface area contributed by atoms with Crippen LogP contribution in [0.2, 0.25) is 0 Å². The highest BCUT2D eigenvalue weighted by Gasteiger charge is 2.15. The maximum Gasteiger partial charge on any atom is 0.261 e. The molecule has 1 heterocycles. The van der Waals surface area contributed by atoms with Crippen molar-refractivity contribution in [2.24, 2.45) is 0 Å². The van der Waals surface area contributed by atoms with Gasteiger partial charge in [0.2, 0.25) is 0 Å². The summed E-state index contributed by atoms with van der Waals surface area (Å²) in [5, 5.41) is 7.99. The molecule has 0 fully saturated rings. The molecule has 122 valence electrons. The first kappa shape index (κ1) is 17.9. The minimum Gasteiger partial charge on any atom is -0.490 e. The van der Waals surface area contributed by atoms with Gasteiger partial charge in [-0.2, -0.15) is 0 Å². The van der Waals surface area contributed by atoms with Gasteiger partial charge in [0, 0.05) is 9.35 Å². The minimum atomic E-state index is -0.300. The van der Waals surface area contributed by atoms with Gasteiger partial charge in [-0.25, -0.2) is 0 Å². The van der Waals surface area contributed by atoms with Gasteiger partial charge in [0.15, 0.2) is 5.11 Å². The Morgan fingerprint density at radius 2 is 2.17 bits per heavy atom. The van der Waals surface area contributed by atoms with E-state index in [0.29, 0.717) is 23.0 Å². The van der Waals surface area contributed by atoms with E-state index in [1.165, 1.54) is 0 Å². The lowest BCUT2D eigenvalue weighted by molar-refractivity contribution is 0.0971. The second-order valence-corrected chi connectivity index (χ2v) is 7.38. The highest BCUT2D eigenvalue weighted by atomic mass is 79.9. The molecule has 0 aliphatic rings. The summed E-state index contributed by atoms with van der Waals surface area (Å²) in [5.41, 5.74) is 0.438. The molecule has 0 saturated heterocycles. The number of thiophene rings is 1. The molecule has 7 heteroatoms. The molecule has 1 aromatic heterocycles. The van der Waals surface area contributed by atoms with Crippen LogP contribution in [0.25, 0.3) is 0 Å². The van der Waals surface area contributed by atoms with E-state index in [0.717, 1.165) is 9.35 Å². The lowest BCUT2D eigenvalue weighted by atomic mass is 10.2. The number of carbonyl (C=O) groups is 1. The molecule has 4 nitrogen and oxygen atoms in total. The molecule has 0 radical (unpaired) electrons. The summed E-state index contributed by atoms with van der Waals surface area (Å²) in [6.07, 6.45) is -0.0216. The molecule has 1 aromatic carbocycles. The first-order chi connectivity index (χ1) is 11.0. The Labute approximate surface area is 153 Å². The van der Waals surface area contributed by atoms with Gasteiger partial charge in [0.05, 0.1) is 18.2 Å². The van der Waals surface area contributed by atoms with Crippen molar-refractivity contribution in [1.82, 2.24) is 10.6 Å². The van der Waals surface area contributed by atoms with Crippen LogP contribution in [0, 0.1) is 0 Å². The van der Waals surface area contributed by atoms with Crippen molar-refractivity contribution in [3.63, 3.8) is 0 Å². The van der Waals surface area contributed by atoms with E-state index in [9.17, 15) is 4.79 Å². The van der Waals surface area contributed by atoms with Gasteiger partial charge < -0.3 is 10.1 Å². The van der Waals surface area contributed by atoms with E-state index < -0.39 is 0 Å². The summed E-state index contributed by atoms with van der Waals surface area (Å²) in [5.74, 6) is 0.229. The Hall–Kier alpha value is -1.44. The summed E-state index contributed by atoms with van der Waals surface area (Å²) >= 11 is 10.2. The summed E-state index contributed by atoms with van der Waals surface area (Å²) in [6.45, 7) is 4.42. The minimum absolute atomic E-state index is 0.0216. The summed E-state index contributed by atoms with van der Waals surface area (Å²) in [6, 6.07) is 9.29. The van der Waals surface area contributed by atoms with Gasteiger partial charge in [-0.3, -0.25) is 10.1 Å². The number of ether oxygens (including phenoxy) is 1. The quantitative estimate of drug-likeness (QED) is 0.725. The smallest absolute Gasteiger partial charge is 0.261 e. The van der Waals surface area contributed by atoms with E-state index in [2.05, 4.69) is 26.6 Å². The van der Waals surface area contributed by atoms with Crippen LogP contribution >= 0.6 is 39.5 Å². The second-order valence-electron chi connectivity index (χ2n) is 5.02. The van der Waals surface area contributed by atoms with Crippen LogP contribution in [-0.4, -0.2) is 17.1 Å². The molecule has 23 heavy (non-hydrogen) atoms. The average Bonchev–Trinajstić information content (AvgIpc) is 3.00. The van der Waals surface area contributed by atoms with Gasteiger partial charge in [-0.1, -0.05) is 22.0 Å². The predicted molar refractivity (Wildman–Crippen MR) is 101 cm³/mol. The van der Waals surface area contributed by atoms with Gasteiger partial charge >= 0.3 is 0 Å². The number of rotatable bonds is 5. The maximum atomic E-state index is 12.4. The molecule has 0 aliphatic carbocycles. The van der Waals surface area contributed by atoms with Crippen LogP contribution in [0.3, 0.4) is 0 Å². The normalized spacial score (nSPS) is 10.4. The van der Waals surface area contributed by atoms with E-state index in [-0.39, 0.29) is 12.0 Å². The fraction of sp³-hybridized carbons (Fsp3) is 0.250. The lowest BCUT2D eigenvalue weighted by Gasteiger charge is -2.15. The summed E-state index contributed by atoms with van der Waals surface area (Å²) in [7, 11) is 0. The Morgan fingerprint density at radius 1 is 1.39 bits per heavy atom.